The Kier molecular flexibility index (Phi) is 4.64. The molecule has 1 aliphatic rings. The molecule has 3 rings (SSSR count). The second-order valence-electron chi connectivity index (χ2n) is 5.38. The van der Waals surface area contributed by atoms with E-state index in [1.54, 1.807) is 23.3 Å². The molecule has 0 saturated carbocycles. The number of nitrogens with zero attached hydrogens (tertiary/aromatic N) is 4. The van der Waals surface area contributed by atoms with Gasteiger partial charge in [-0.25, -0.2) is 0 Å². The SMILES string of the molecule is O=C(CCc1ccc(Cl)c(Cl)c1)N1CCC(n2nccn2)C1. The summed E-state index contributed by atoms with van der Waals surface area (Å²) in [4.78, 5) is 15.9. The van der Waals surface area contributed by atoms with E-state index in [-0.39, 0.29) is 11.9 Å². The third kappa shape index (κ3) is 3.42. The lowest BCUT2D eigenvalue weighted by atomic mass is 10.1. The van der Waals surface area contributed by atoms with Gasteiger partial charge in [-0.3, -0.25) is 4.79 Å². The first-order chi connectivity index (χ1) is 10.6. The fourth-order valence-electron chi connectivity index (χ4n) is 2.68. The van der Waals surface area contributed by atoms with Crippen LogP contribution in [0.1, 0.15) is 24.4 Å². The molecule has 1 aliphatic heterocycles. The number of rotatable bonds is 4. The quantitative estimate of drug-likeness (QED) is 0.860. The number of benzene rings is 1. The zero-order valence-corrected chi connectivity index (χ0v) is 13.5. The monoisotopic (exact) mass is 338 g/mol. The standard InChI is InChI=1S/C15H16Cl2N4O/c16-13-3-1-11(9-14(13)17)2-4-15(22)20-8-5-12(10-20)21-18-6-7-19-21/h1,3,6-7,9,12H,2,4-5,8,10H2. The molecule has 0 bridgehead atoms. The molecule has 0 aliphatic carbocycles. The molecule has 1 aromatic heterocycles. The van der Waals surface area contributed by atoms with Crippen LogP contribution in [0.3, 0.4) is 0 Å². The Hall–Kier alpha value is -1.59. The molecule has 0 radical (unpaired) electrons. The van der Waals surface area contributed by atoms with Crippen molar-refractivity contribution >= 4 is 29.1 Å². The van der Waals surface area contributed by atoms with Crippen molar-refractivity contribution in [2.75, 3.05) is 13.1 Å². The molecule has 1 unspecified atom stereocenters. The molecule has 2 heterocycles. The van der Waals surface area contributed by atoms with E-state index in [0.717, 1.165) is 18.5 Å². The topological polar surface area (TPSA) is 51.0 Å². The largest absolute Gasteiger partial charge is 0.340 e. The smallest absolute Gasteiger partial charge is 0.222 e. The lowest BCUT2D eigenvalue weighted by molar-refractivity contribution is -0.130. The summed E-state index contributed by atoms with van der Waals surface area (Å²) < 4.78 is 0. The van der Waals surface area contributed by atoms with Crippen LogP contribution in [0.2, 0.25) is 10.0 Å². The second kappa shape index (κ2) is 6.67. The summed E-state index contributed by atoms with van der Waals surface area (Å²) >= 11 is 11.9. The molecule has 0 spiro atoms. The lowest BCUT2D eigenvalue weighted by Crippen LogP contribution is -2.29. The summed E-state index contributed by atoms with van der Waals surface area (Å²) in [5, 5.41) is 9.35. The van der Waals surface area contributed by atoms with Crippen molar-refractivity contribution in [1.82, 2.24) is 19.9 Å². The molecular weight excluding hydrogens is 323 g/mol. The van der Waals surface area contributed by atoms with Gasteiger partial charge in [-0.05, 0) is 30.5 Å². The summed E-state index contributed by atoms with van der Waals surface area (Å²) in [6, 6.07) is 5.67. The van der Waals surface area contributed by atoms with E-state index in [1.807, 2.05) is 17.0 Å². The molecule has 1 saturated heterocycles. The van der Waals surface area contributed by atoms with E-state index in [1.165, 1.54) is 0 Å². The molecule has 22 heavy (non-hydrogen) atoms. The van der Waals surface area contributed by atoms with E-state index in [0.29, 0.717) is 29.4 Å². The number of aromatic nitrogens is 3. The van der Waals surface area contributed by atoms with Crippen molar-refractivity contribution in [3.8, 4) is 0 Å². The minimum Gasteiger partial charge on any atom is -0.340 e. The Morgan fingerprint density at radius 1 is 1.23 bits per heavy atom. The number of hydrogen-bond donors (Lipinski definition) is 0. The number of halogens is 2. The first-order valence-electron chi connectivity index (χ1n) is 7.21. The van der Waals surface area contributed by atoms with Crippen LogP contribution >= 0.6 is 23.2 Å². The second-order valence-corrected chi connectivity index (χ2v) is 6.19. The Balaban J connectivity index is 1.53. The van der Waals surface area contributed by atoms with Crippen LogP contribution in [0.15, 0.2) is 30.6 Å². The highest BCUT2D eigenvalue weighted by Gasteiger charge is 2.27. The van der Waals surface area contributed by atoms with Gasteiger partial charge in [-0.1, -0.05) is 29.3 Å². The van der Waals surface area contributed by atoms with E-state index in [9.17, 15) is 4.79 Å². The minimum atomic E-state index is 0.153. The average molecular weight is 339 g/mol. The van der Waals surface area contributed by atoms with E-state index in [2.05, 4.69) is 10.2 Å². The predicted molar refractivity (Wildman–Crippen MR) is 85.0 cm³/mol. The first-order valence-corrected chi connectivity index (χ1v) is 7.96. The lowest BCUT2D eigenvalue weighted by Gasteiger charge is -2.16. The third-order valence-electron chi connectivity index (χ3n) is 3.89. The maximum absolute atomic E-state index is 12.3. The van der Waals surface area contributed by atoms with Crippen LogP contribution in [0.5, 0.6) is 0 Å². The highest BCUT2D eigenvalue weighted by atomic mass is 35.5. The van der Waals surface area contributed by atoms with Gasteiger partial charge in [0, 0.05) is 19.5 Å². The number of carbonyl (C=O) groups excluding carboxylic acids is 1. The van der Waals surface area contributed by atoms with Crippen LogP contribution in [0.4, 0.5) is 0 Å². The van der Waals surface area contributed by atoms with Gasteiger partial charge >= 0.3 is 0 Å². The fourth-order valence-corrected chi connectivity index (χ4v) is 3.00. The maximum Gasteiger partial charge on any atom is 0.222 e. The average Bonchev–Trinajstić information content (AvgIpc) is 3.18. The molecule has 116 valence electrons. The van der Waals surface area contributed by atoms with Gasteiger partial charge in [0.2, 0.25) is 5.91 Å². The summed E-state index contributed by atoms with van der Waals surface area (Å²) in [5.41, 5.74) is 1.02. The number of hydrogen-bond acceptors (Lipinski definition) is 3. The Morgan fingerprint density at radius 2 is 2.00 bits per heavy atom. The van der Waals surface area contributed by atoms with Crippen LogP contribution in [-0.4, -0.2) is 38.9 Å². The summed E-state index contributed by atoms with van der Waals surface area (Å²) in [5.74, 6) is 0.153. The normalized spacial score (nSPS) is 17.9. The van der Waals surface area contributed by atoms with Crippen LogP contribution < -0.4 is 0 Å². The van der Waals surface area contributed by atoms with Gasteiger partial charge in [0.1, 0.15) is 0 Å². The van der Waals surface area contributed by atoms with Gasteiger partial charge in [-0.15, -0.1) is 0 Å². The van der Waals surface area contributed by atoms with Gasteiger partial charge < -0.3 is 4.90 Å². The van der Waals surface area contributed by atoms with E-state index in [4.69, 9.17) is 23.2 Å². The molecule has 1 aromatic carbocycles. The van der Waals surface area contributed by atoms with Crippen LogP contribution in [0.25, 0.3) is 0 Å². The Morgan fingerprint density at radius 3 is 2.73 bits per heavy atom. The molecule has 1 fully saturated rings. The predicted octanol–water partition coefficient (Wildman–Crippen LogP) is 2.99. The van der Waals surface area contributed by atoms with Gasteiger partial charge in [-0.2, -0.15) is 15.0 Å². The molecule has 0 N–H and O–H groups in total. The van der Waals surface area contributed by atoms with Crippen molar-refractivity contribution in [3.63, 3.8) is 0 Å². The summed E-state index contributed by atoms with van der Waals surface area (Å²) in [7, 11) is 0. The zero-order chi connectivity index (χ0) is 15.5. The van der Waals surface area contributed by atoms with Crippen LogP contribution in [-0.2, 0) is 11.2 Å². The zero-order valence-electron chi connectivity index (χ0n) is 12.0. The molecule has 5 nitrogen and oxygen atoms in total. The Labute approximate surface area is 138 Å². The first kappa shape index (κ1) is 15.3. The van der Waals surface area contributed by atoms with Crippen molar-refractivity contribution in [2.45, 2.75) is 25.3 Å². The number of likely N-dealkylation sites (tertiary alicyclic amines) is 1. The molecule has 2 aromatic rings. The highest BCUT2D eigenvalue weighted by Crippen LogP contribution is 2.24. The van der Waals surface area contributed by atoms with Crippen molar-refractivity contribution in [2.24, 2.45) is 0 Å². The molecule has 7 heteroatoms. The molecule has 1 amide bonds. The molecule has 1 atom stereocenters. The third-order valence-corrected chi connectivity index (χ3v) is 4.63. The number of amides is 1. The van der Waals surface area contributed by atoms with Crippen molar-refractivity contribution < 1.29 is 4.79 Å². The van der Waals surface area contributed by atoms with Crippen molar-refractivity contribution in [3.05, 3.63) is 46.2 Å². The number of carbonyl (C=O) groups is 1. The maximum atomic E-state index is 12.3. The van der Waals surface area contributed by atoms with Crippen molar-refractivity contribution in [1.29, 1.82) is 0 Å². The van der Waals surface area contributed by atoms with Gasteiger partial charge in [0.15, 0.2) is 0 Å². The molecular formula is C15H16Cl2N4O. The highest BCUT2D eigenvalue weighted by molar-refractivity contribution is 6.42. The summed E-state index contributed by atoms with van der Waals surface area (Å²) in [6.45, 7) is 1.43. The van der Waals surface area contributed by atoms with Gasteiger partial charge in [0.05, 0.1) is 28.5 Å². The fraction of sp³-hybridized carbons (Fsp3) is 0.400. The van der Waals surface area contributed by atoms with Gasteiger partial charge in [0.25, 0.3) is 0 Å². The Bertz CT molecular complexity index is 660. The van der Waals surface area contributed by atoms with E-state index >= 15 is 0 Å². The summed E-state index contributed by atoms with van der Waals surface area (Å²) in [6.07, 6.45) is 5.35. The minimum absolute atomic E-state index is 0.153. The van der Waals surface area contributed by atoms with Crippen LogP contribution in [0, 0.1) is 0 Å². The number of aryl methyl sites for hydroxylation is 1. The van der Waals surface area contributed by atoms with E-state index < -0.39 is 0 Å².